The summed E-state index contributed by atoms with van der Waals surface area (Å²) in [5, 5.41) is 13.8. The summed E-state index contributed by atoms with van der Waals surface area (Å²) in [6.45, 7) is 6.30. The predicted octanol–water partition coefficient (Wildman–Crippen LogP) is 5.96. The summed E-state index contributed by atoms with van der Waals surface area (Å²) in [5.41, 5.74) is 2.74. The molecule has 4 rings (SSSR count). The van der Waals surface area contributed by atoms with Crippen LogP contribution in [0, 0.1) is 18.7 Å². The van der Waals surface area contributed by atoms with Crippen molar-refractivity contribution in [1.82, 2.24) is 20.2 Å². The molecule has 1 unspecified atom stereocenters. The Hall–Kier alpha value is -4.01. The Morgan fingerprint density at radius 3 is 2.62 bits per heavy atom. The van der Waals surface area contributed by atoms with Gasteiger partial charge in [0.25, 0.3) is 5.89 Å². The van der Waals surface area contributed by atoms with E-state index in [0.29, 0.717) is 35.1 Å². The zero-order valence-electron chi connectivity index (χ0n) is 19.4. The molecule has 0 radical (unpaired) electrons. The molecule has 0 spiro atoms. The smallest absolute Gasteiger partial charge is 0.253 e. The molecular weight excluding hydrogens is 435 g/mol. The van der Waals surface area contributed by atoms with E-state index in [4.69, 9.17) is 9.15 Å². The van der Waals surface area contributed by atoms with Gasteiger partial charge in [0.05, 0.1) is 6.20 Å². The summed E-state index contributed by atoms with van der Waals surface area (Å²) >= 11 is 0. The van der Waals surface area contributed by atoms with Gasteiger partial charge in [0, 0.05) is 18.3 Å². The number of benzene rings is 2. The lowest BCUT2D eigenvalue weighted by atomic mass is 9.99. The molecule has 0 aliphatic carbocycles. The van der Waals surface area contributed by atoms with Crippen molar-refractivity contribution in [3.63, 3.8) is 0 Å². The third kappa shape index (κ3) is 6.28. The van der Waals surface area contributed by atoms with Crippen LogP contribution in [0.15, 0.2) is 59.1 Å². The van der Waals surface area contributed by atoms with Gasteiger partial charge in [0.2, 0.25) is 11.8 Å². The van der Waals surface area contributed by atoms with Crippen LogP contribution >= 0.6 is 0 Å². The molecule has 0 fully saturated rings. The fraction of sp³-hybridized carbons (Fsp3) is 0.280. The van der Waals surface area contributed by atoms with Crippen LogP contribution in [0.3, 0.4) is 0 Å². The number of nitrogens with one attached hydrogen (secondary N) is 2. The van der Waals surface area contributed by atoms with Gasteiger partial charge in [-0.1, -0.05) is 32.4 Å². The minimum absolute atomic E-state index is 0.0725. The van der Waals surface area contributed by atoms with Gasteiger partial charge in [-0.2, -0.15) is 4.98 Å². The highest BCUT2D eigenvalue weighted by atomic mass is 19.1. The first kappa shape index (κ1) is 23.2. The van der Waals surface area contributed by atoms with Crippen LogP contribution in [-0.4, -0.2) is 20.2 Å². The van der Waals surface area contributed by atoms with Crippen molar-refractivity contribution in [3.8, 4) is 5.75 Å². The number of anilines is 4. The van der Waals surface area contributed by atoms with Crippen LogP contribution in [0.4, 0.5) is 27.5 Å². The van der Waals surface area contributed by atoms with Gasteiger partial charge in [-0.15, -0.1) is 10.2 Å². The summed E-state index contributed by atoms with van der Waals surface area (Å²) in [4.78, 5) is 8.38. The fourth-order valence-electron chi connectivity index (χ4n) is 3.28. The lowest BCUT2D eigenvalue weighted by Crippen LogP contribution is -2.04. The third-order valence-electron chi connectivity index (χ3n) is 5.26. The average Bonchev–Trinajstić information content (AvgIpc) is 3.26. The SMILES string of the molecule is CCC(C)Cc1cccc(Nc2ncc(F)c(Nc3ccc(OCc4nnc(C)o4)cc3)n2)c1. The molecule has 2 aromatic carbocycles. The molecule has 0 bridgehead atoms. The summed E-state index contributed by atoms with van der Waals surface area (Å²) < 4.78 is 25.3. The normalized spacial score (nSPS) is 11.8. The van der Waals surface area contributed by atoms with Crippen LogP contribution in [0.5, 0.6) is 5.75 Å². The first-order valence-corrected chi connectivity index (χ1v) is 11.2. The van der Waals surface area contributed by atoms with E-state index in [-0.39, 0.29) is 12.4 Å². The summed E-state index contributed by atoms with van der Waals surface area (Å²) in [7, 11) is 0. The van der Waals surface area contributed by atoms with Crippen molar-refractivity contribution in [2.24, 2.45) is 5.92 Å². The molecule has 1 atom stereocenters. The number of halogens is 1. The Balaban J connectivity index is 1.40. The molecule has 0 aliphatic heterocycles. The van der Waals surface area contributed by atoms with E-state index in [1.165, 1.54) is 5.56 Å². The maximum absolute atomic E-state index is 14.4. The highest BCUT2D eigenvalue weighted by Gasteiger charge is 2.10. The Bertz CT molecular complexity index is 1230. The van der Waals surface area contributed by atoms with Crippen LogP contribution in [0.25, 0.3) is 0 Å². The third-order valence-corrected chi connectivity index (χ3v) is 5.26. The number of aryl methyl sites for hydroxylation is 1. The molecule has 8 nitrogen and oxygen atoms in total. The first-order chi connectivity index (χ1) is 16.5. The molecule has 2 heterocycles. The van der Waals surface area contributed by atoms with Crippen molar-refractivity contribution in [3.05, 3.63) is 77.9 Å². The lowest BCUT2D eigenvalue weighted by molar-refractivity contribution is 0.260. The van der Waals surface area contributed by atoms with Crippen molar-refractivity contribution in [2.75, 3.05) is 10.6 Å². The van der Waals surface area contributed by atoms with Crippen LogP contribution < -0.4 is 15.4 Å². The first-order valence-electron chi connectivity index (χ1n) is 11.2. The standard InChI is InChI=1S/C25H27FN6O2/c1-4-16(2)12-18-6-5-7-20(13-18)29-25-27-14-22(26)24(30-25)28-19-8-10-21(11-9-19)33-15-23-32-31-17(3)34-23/h5-11,13-14,16H,4,12,15H2,1-3H3,(H2,27,28,29,30). The Kier molecular flexibility index (Phi) is 7.31. The second-order valence-corrected chi connectivity index (χ2v) is 8.09. The highest BCUT2D eigenvalue weighted by molar-refractivity contribution is 5.60. The maximum atomic E-state index is 14.4. The molecule has 2 N–H and O–H groups in total. The summed E-state index contributed by atoms with van der Waals surface area (Å²) in [6.07, 6.45) is 3.27. The fourth-order valence-corrected chi connectivity index (χ4v) is 3.28. The van der Waals surface area contributed by atoms with Crippen molar-refractivity contribution < 1.29 is 13.5 Å². The maximum Gasteiger partial charge on any atom is 0.253 e. The van der Waals surface area contributed by atoms with Crippen LogP contribution in [0.2, 0.25) is 0 Å². The van der Waals surface area contributed by atoms with Crippen molar-refractivity contribution in [1.29, 1.82) is 0 Å². The second kappa shape index (κ2) is 10.7. The quantitative estimate of drug-likeness (QED) is 0.298. The molecule has 0 saturated carbocycles. The molecule has 34 heavy (non-hydrogen) atoms. The summed E-state index contributed by atoms with van der Waals surface area (Å²) in [6, 6.07) is 15.1. The van der Waals surface area contributed by atoms with Crippen molar-refractivity contribution in [2.45, 2.75) is 40.2 Å². The second-order valence-electron chi connectivity index (χ2n) is 8.09. The average molecular weight is 463 g/mol. The van der Waals surface area contributed by atoms with Crippen molar-refractivity contribution >= 4 is 23.1 Å². The number of hydrogen-bond acceptors (Lipinski definition) is 8. The van der Waals surface area contributed by atoms with Gasteiger partial charge in [-0.3, -0.25) is 0 Å². The Morgan fingerprint density at radius 1 is 1.06 bits per heavy atom. The molecule has 9 heteroatoms. The van der Waals surface area contributed by atoms with E-state index >= 15 is 0 Å². The van der Waals surface area contributed by atoms with Crippen LogP contribution in [0.1, 0.15) is 37.6 Å². The molecule has 176 valence electrons. The largest absolute Gasteiger partial charge is 0.484 e. The topological polar surface area (TPSA) is 98.0 Å². The Morgan fingerprint density at radius 2 is 1.88 bits per heavy atom. The number of ether oxygens (including phenoxy) is 1. The number of hydrogen-bond donors (Lipinski definition) is 2. The molecule has 4 aromatic rings. The summed E-state index contributed by atoms with van der Waals surface area (Å²) in [5.74, 6) is 1.92. The number of aromatic nitrogens is 4. The molecular formula is C25H27FN6O2. The molecule has 0 saturated heterocycles. The van der Waals surface area contributed by atoms with E-state index in [1.54, 1.807) is 31.2 Å². The minimum Gasteiger partial charge on any atom is -0.484 e. The molecule has 0 amide bonds. The van der Waals surface area contributed by atoms with Gasteiger partial charge in [-0.25, -0.2) is 9.37 Å². The van der Waals surface area contributed by atoms with Gasteiger partial charge < -0.3 is 19.8 Å². The number of nitrogens with zero attached hydrogens (tertiary/aromatic N) is 4. The van der Waals surface area contributed by atoms with Gasteiger partial charge >= 0.3 is 0 Å². The molecule has 2 aromatic heterocycles. The van der Waals surface area contributed by atoms with Gasteiger partial charge in [0.15, 0.2) is 18.2 Å². The Labute approximate surface area is 197 Å². The number of rotatable bonds is 10. The minimum atomic E-state index is -0.553. The van der Waals surface area contributed by atoms with Gasteiger partial charge in [0.1, 0.15) is 5.75 Å². The van der Waals surface area contributed by atoms with E-state index in [9.17, 15) is 4.39 Å². The molecule has 0 aliphatic rings. The van der Waals surface area contributed by atoms with Crippen LogP contribution in [-0.2, 0) is 13.0 Å². The van der Waals surface area contributed by atoms with Gasteiger partial charge in [-0.05, 0) is 54.3 Å². The monoisotopic (exact) mass is 462 g/mol. The zero-order chi connectivity index (χ0) is 23.9. The highest BCUT2D eigenvalue weighted by Crippen LogP contribution is 2.23. The van der Waals surface area contributed by atoms with E-state index < -0.39 is 5.82 Å². The lowest BCUT2D eigenvalue weighted by Gasteiger charge is -2.12. The van der Waals surface area contributed by atoms with E-state index in [2.05, 4.69) is 56.8 Å². The van der Waals surface area contributed by atoms with E-state index in [1.807, 2.05) is 12.1 Å². The predicted molar refractivity (Wildman–Crippen MR) is 128 cm³/mol. The zero-order valence-corrected chi connectivity index (χ0v) is 19.4. The van der Waals surface area contributed by atoms with E-state index in [0.717, 1.165) is 24.7 Å².